The van der Waals surface area contributed by atoms with Crippen molar-refractivity contribution in [2.75, 3.05) is 39.3 Å². The van der Waals surface area contributed by atoms with E-state index in [1.165, 1.54) is 38.4 Å². The number of benzene rings is 2. The molecule has 0 saturated carbocycles. The Kier molecular flexibility index (Phi) is 8.50. The molecule has 37 heavy (non-hydrogen) atoms. The first-order valence-corrected chi connectivity index (χ1v) is 13.3. The lowest BCUT2D eigenvalue weighted by Gasteiger charge is -2.37. The van der Waals surface area contributed by atoms with Crippen LogP contribution in [0, 0.1) is 17.8 Å². The van der Waals surface area contributed by atoms with E-state index in [0.29, 0.717) is 5.75 Å². The van der Waals surface area contributed by atoms with Gasteiger partial charge in [-0.2, -0.15) is 0 Å². The zero-order valence-corrected chi connectivity index (χ0v) is 21.2. The van der Waals surface area contributed by atoms with Gasteiger partial charge >= 0.3 is 0 Å². The molecule has 3 aliphatic heterocycles. The van der Waals surface area contributed by atoms with E-state index in [4.69, 9.17) is 9.47 Å². The van der Waals surface area contributed by atoms with Crippen molar-refractivity contribution in [3.63, 3.8) is 0 Å². The SMILES string of the molecule is Fc1ccccc1OC1CCN(C2=CC=CN(C#Cc3ccc(OCCN4CCCCC4)cc3)N2)CC1. The number of piperidine rings is 2. The fourth-order valence-corrected chi connectivity index (χ4v) is 4.83. The van der Waals surface area contributed by atoms with E-state index in [1.54, 1.807) is 23.2 Å². The fourth-order valence-electron chi connectivity index (χ4n) is 4.83. The number of likely N-dealkylation sites (tertiary alicyclic amines) is 2. The van der Waals surface area contributed by atoms with Gasteiger partial charge in [0.15, 0.2) is 11.6 Å². The first-order valence-electron chi connectivity index (χ1n) is 13.3. The average Bonchev–Trinajstić information content (AvgIpc) is 2.95. The van der Waals surface area contributed by atoms with Gasteiger partial charge in [-0.1, -0.05) is 18.6 Å². The standard InChI is InChI=1S/C30H35FN4O2/c31-28-7-2-3-8-29(28)37-27-15-20-34(21-16-27)30-9-6-19-35(32-30)22-14-25-10-12-26(13-11-25)36-24-23-33-17-4-1-5-18-33/h2-3,6-13,19,27,32H,1,4-5,15-18,20-21,23-24H2. The molecule has 0 atom stereocenters. The van der Waals surface area contributed by atoms with Crippen LogP contribution in [0.2, 0.25) is 0 Å². The number of hydrogen-bond donors (Lipinski definition) is 1. The molecule has 2 aromatic rings. The van der Waals surface area contributed by atoms with Gasteiger partial charge in [0.25, 0.3) is 0 Å². The fraction of sp³-hybridized carbons (Fsp3) is 0.400. The van der Waals surface area contributed by atoms with E-state index >= 15 is 0 Å². The Balaban J connectivity index is 1.06. The van der Waals surface area contributed by atoms with Crippen LogP contribution in [0.25, 0.3) is 0 Å². The monoisotopic (exact) mass is 502 g/mol. The molecule has 3 aliphatic rings. The van der Waals surface area contributed by atoms with Crippen molar-refractivity contribution in [3.05, 3.63) is 84.1 Å². The van der Waals surface area contributed by atoms with Crippen molar-refractivity contribution in [2.45, 2.75) is 38.2 Å². The molecule has 0 aromatic heterocycles. The molecule has 5 rings (SSSR count). The number of nitrogens with zero attached hydrogens (tertiary/aromatic N) is 3. The van der Waals surface area contributed by atoms with Gasteiger partial charge in [-0.05, 0) is 80.4 Å². The van der Waals surface area contributed by atoms with Crippen LogP contribution >= 0.6 is 0 Å². The van der Waals surface area contributed by atoms with Crippen molar-refractivity contribution >= 4 is 0 Å². The number of nitrogens with one attached hydrogen (secondary N) is 1. The predicted octanol–water partition coefficient (Wildman–Crippen LogP) is 4.72. The number of halogens is 1. The van der Waals surface area contributed by atoms with Crippen molar-refractivity contribution < 1.29 is 13.9 Å². The summed E-state index contributed by atoms with van der Waals surface area (Å²) in [5.74, 6) is 5.11. The molecule has 0 amide bonds. The van der Waals surface area contributed by atoms with Gasteiger partial charge < -0.3 is 14.4 Å². The third-order valence-corrected chi connectivity index (χ3v) is 6.94. The zero-order chi connectivity index (χ0) is 25.3. The van der Waals surface area contributed by atoms with Crippen molar-refractivity contribution in [1.29, 1.82) is 0 Å². The number of rotatable bonds is 7. The lowest BCUT2D eigenvalue weighted by Crippen LogP contribution is -2.44. The molecule has 6 nitrogen and oxygen atoms in total. The summed E-state index contributed by atoms with van der Waals surface area (Å²) >= 11 is 0. The predicted molar refractivity (Wildman–Crippen MR) is 143 cm³/mol. The Bertz CT molecular complexity index is 1140. The molecule has 2 aromatic carbocycles. The molecule has 7 heteroatoms. The summed E-state index contributed by atoms with van der Waals surface area (Å²) in [6, 6.07) is 17.7. The first-order chi connectivity index (χ1) is 18.2. The van der Waals surface area contributed by atoms with Crippen molar-refractivity contribution in [1.82, 2.24) is 20.2 Å². The molecule has 194 valence electrons. The van der Waals surface area contributed by atoms with Crippen LogP contribution < -0.4 is 14.9 Å². The second kappa shape index (κ2) is 12.6. The lowest BCUT2D eigenvalue weighted by molar-refractivity contribution is 0.105. The summed E-state index contributed by atoms with van der Waals surface area (Å²) in [7, 11) is 0. The van der Waals surface area contributed by atoms with E-state index < -0.39 is 0 Å². The molecule has 0 aliphatic carbocycles. The summed E-state index contributed by atoms with van der Waals surface area (Å²) < 4.78 is 25.7. The Morgan fingerprint density at radius 2 is 1.73 bits per heavy atom. The highest BCUT2D eigenvalue weighted by molar-refractivity contribution is 5.38. The highest BCUT2D eigenvalue weighted by Gasteiger charge is 2.23. The minimum absolute atomic E-state index is 0.0143. The summed E-state index contributed by atoms with van der Waals surface area (Å²) in [6.45, 7) is 5.74. The van der Waals surface area contributed by atoms with Gasteiger partial charge in [-0.3, -0.25) is 10.3 Å². The van der Waals surface area contributed by atoms with Crippen molar-refractivity contribution in [3.8, 4) is 23.5 Å². The van der Waals surface area contributed by atoms with E-state index in [-0.39, 0.29) is 11.9 Å². The number of hydrogen-bond acceptors (Lipinski definition) is 6. The van der Waals surface area contributed by atoms with Crippen LogP contribution in [0.3, 0.4) is 0 Å². The molecule has 0 spiro atoms. The van der Waals surface area contributed by atoms with Gasteiger partial charge in [0.05, 0.1) is 0 Å². The average molecular weight is 503 g/mol. The lowest BCUT2D eigenvalue weighted by atomic mass is 10.1. The molecule has 2 fully saturated rings. The van der Waals surface area contributed by atoms with Crippen LogP contribution in [-0.4, -0.2) is 60.2 Å². The number of hydrazine groups is 1. The molecule has 0 unspecified atom stereocenters. The number of para-hydroxylation sites is 1. The van der Waals surface area contributed by atoms with Crippen LogP contribution in [-0.2, 0) is 0 Å². The quantitative estimate of drug-likeness (QED) is 0.553. The third kappa shape index (κ3) is 7.21. The molecule has 2 saturated heterocycles. The summed E-state index contributed by atoms with van der Waals surface area (Å²) in [4.78, 5) is 4.75. The Morgan fingerprint density at radius 3 is 2.51 bits per heavy atom. The molecule has 3 heterocycles. The summed E-state index contributed by atoms with van der Waals surface area (Å²) in [6.07, 6.45) is 11.6. The van der Waals surface area contributed by atoms with E-state index in [1.807, 2.05) is 42.6 Å². The summed E-state index contributed by atoms with van der Waals surface area (Å²) in [5.41, 5.74) is 4.30. The highest BCUT2D eigenvalue weighted by atomic mass is 19.1. The highest BCUT2D eigenvalue weighted by Crippen LogP contribution is 2.23. The zero-order valence-electron chi connectivity index (χ0n) is 21.2. The van der Waals surface area contributed by atoms with Crippen LogP contribution in [0.5, 0.6) is 11.5 Å². The van der Waals surface area contributed by atoms with Gasteiger partial charge in [0.1, 0.15) is 24.3 Å². The van der Waals surface area contributed by atoms with E-state index in [9.17, 15) is 4.39 Å². The Morgan fingerprint density at radius 1 is 0.946 bits per heavy atom. The van der Waals surface area contributed by atoms with Gasteiger partial charge in [-0.25, -0.2) is 9.40 Å². The maximum atomic E-state index is 13.9. The molecule has 0 radical (unpaired) electrons. The largest absolute Gasteiger partial charge is 0.492 e. The van der Waals surface area contributed by atoms with E-state index in [0.717, 1.165) is 56.2 Å². The third-order valence-electron chi connectivity index (χ3n) is 6.94. The number of ether oxygens (including phenoxy) is 2. The van der Waals surface area contributed by atoms with Gasteiger partial charge in [0.2, 0.25) is 0 Å². The second-order valence-electron chi connectivity index (χ2n) is 9.62. The van der Waals surface area contributed by atoms with Crippen LogP contribution in [0.4, 0.5) is 4.39 Å². The maximum absolute atomic E-state index is 13.9. The minimum Gasteiger partial charge on any atom is -0.492 e. The second-order valence-corrected chi connectivity index (χ2v) is 9.62. The normalized spacial score (nSPS) is 18.5. The summed E-state index contributed by atoms with van der Waals surface area (Å²) in [5, 5.41) is 1.78. The van der Waals surface area contributed by atoms with E-state index in [2.05, 4.69) is 27.2 Å². The molecular weight excluding hydrogens is 467 g/mol. The molecular formula is C30H35FN4O2. The van der Waals surface area contributed by atoms with Crippen molar-refractivity contribution in [2.24, 2.45) is 0 Å². The Hall–Kier alpha value is -3.63. The topological polar surface area (TPSA) is 40.2 Å². The molecule has 1 N–H and O–H groups in total. The smallest absolute Gasteiger partial charge is 0.165 e. The maximum Gasteiger partial charge on any atom is 0.165 e. The van der Waals surface area contributed by atoms with Gasteiger partial charge in [-0.15, -0.1) is 0 Å². The first kappa shape index (κ1) is 25.0. The molecule has 0 bridgehead atoms. The van der Waals surface area contributed by atoms with Crippen LogP contribution in [0.1, 0.15) is 37.7 Å². The number of allylic oxidation sites excluding steroid dienone is 2. The van der Waals surface area contributed by atoms with Crippen LogP contribution in [0.15, 0.2) is 72.7 Å². The Labute approximate surface area is 219 Å². The van der Waals surface area contributed by atoms with Gasteiger partial charge in [0, 0.05) is 50.3 Å². The minimum atomic E-state index is -0.309.